The molecule has 0 unspecified atom stereocenters. The third-order valence-electron chi connectivity index (χ3n) is 6.97. The van der Waals surface area contributed by atoms with E-state index in [-0.39, 0.29) is 17.7 Å². The molecule has 0 bridgehead atoms. The summed E-state index contributed by atoms with van der Waals surface area (Å²) in [6, 6.07) is 13.9. The van der Waals surface area contributed by atoms with Gasteiger partial charge in [0.05, 0.1) is 11.1 Å². The summed E-state index contributed by atoms with van der Waals surface area (Å²) in [5.41, 5.74) is 2.46. The number of aromatic carboxylic acids is 1. The SMILES string of the molecule is N#Cc1ccc(-c2ccc(C(=O)O)cc2)cc1OC[C@H](O)CNC1(CC2CCCCC2)CC1. The van der Waals surface area contributed by atoms with Crippen molar-refractivity contribution in [3.05, 3.63) is 53.6 Å². The molecule has 6 nitrogen and oxygen atoms in total. The van der Waals surface area contributed by atoms with Crippen molar-refractivity contribution in [2.24, 2.45) is 5.92 Å². The Morgan fingerprint density at radius 3 is 2.45 bits per heavy atom. The van der Waals surface area contributed by atoms with Gasteiger partial charge in [-0.3, -0.25) is 0 Å². The van der Waals surface area contributed by atoms with Crippen LogP contribution >= 0.6 is 0 Å². The Labute approximate surface area is 195 Å². The number of rotatable bonds is 10. The van der Waals surface area contributed by atoms with Gasteiger partial charge in [0.25, 0.3) is 0 Å². The van der Waals surface area contributed by atoms with Gasteiger partial charge >= 0.3 is 5.97 Å². The number of aliphatic hydroxyl groups excluding tert-OH is 1. The second kappa shape index (κ2) is 10.4. The number of ether oxygens (including phenoxy) is 1. The van der Waals surface area contributed by atoms with Crippen LogP contribution in [0.4, 0.5) is 0 Å². The molecule has 2 aliphatic rings. The zero-order valence-corrected chi connectivity index (χ0v) is 18.9. The van der Waals surface area contributed by atoms with E-state index in [0.29, 0.717) is 17.9 Å². The lowest BCUT2D eigenvalue weighted by Crippen LogP contribution is -2.40. The minimum absolute atomic E-state index is 0.0998. The third kappa shape index (κ3) is 6.13. The molecule has 0 amide bonds. The van der Waals surface area contributed by atoms with Crippen molar-refractivity contribution in [2.75, 3.05) is 13.2 Å². The van der Waals surface area contributed by atoms with Crippen molar-refractivity contribution >= 4 is 5.97 Å². The van der Waals surface area contributed by atoms with E-state index < -0.39 is 12.1 Å². The van der Waals surface area contributed by atoms with Crippen LogP contribution in [-0.4, -0.2) is 41.0 Å². The van der Waals surface area contributed by atoms with E-state index in [1.54, 1.807) is 42.5 Å². The van der Waals surface area contributed by atoms with E-state index >= 15 is 0 Å². The van der Waals surface area contributed by atoms with Gasteiger partial charge in [-0.15, -0.1) is 0 Å². The number of hydrogen-bond acceptors (Lipinski definition) is 5. The number of aliphatic hydroxyl groups is 1. The monoisotopic (exact) mass is 448 g/mol. The quantitative estimate of drug-likeness (QED) is 0.484. The molecule has 2 fully saturated rings. The van der Waals surface area contributed by atoms with Gasteiger partial charge in [-0.1, -0.05) is 50.3 Å². The molecule has 0 spiro atoms. The maximum Gasteiger partial charge on any atom is 0.335 e. The molecule has 0 aliphatic heterocycles. The summed E-state index contributed by atoms with van der Waals surface area (Å²) in [6.45, 7) is 0.577. The number of carboxylic acid groups (broad SMARTS) is 1. The summed E-state index contributed by atoms with van der Waals surface area (Å²) in [5, 5.41) is 32.6. The number of nitriles is 1. The largest absolute Gasteiger partial charge is 0.489 e. The number of nitrogens with zero attached hydrogens (tertiary/aromatic N) is 1. The van der Waals surface area contributed by atoms with Crippen LogP contribution in [-0.2, 0) is 0 Å². The highest BCUT2D eigenvalue weighted by Crippen LogP contribution is 2.44. The number of benzene rings is 2. The van der Waals surface area contributed by atoms with Gasteiger partial charge in [0.2, 0.25) is 0 Å². The maximum atomic E-state index is 11.1. The van der Waals surface area contributed by atoms with E-state index in [0.717, 1.165) is 17.0 Å². The summed E-state index contributed by atoms with van der Waals surface area (Å²) < 4.78 is 5.84. The maximum absolute atomic E-state index is 11.1. The Kier molecular flexibility index (Phi) is 7.32. The smallest absolute Gasteiger partial charge is 0.335 e. The summed E-state index contributed by atoms with van der Waals surface area (Å²) in [5.74, 6) is 0.257. The molecular formula is C27H32N2O4. The molecule has 33 heavy (non-hydrogen) atoms. The average Bonchev–Trinajstić information content (AvgIpc) is 3.61. The van der Waals surface area contributed by atoms with Crippen molar-refractivity contribution < 1.29 is 19.7 Å². The van der Waals surface area contributed by atoms with Crippen LogP contribution < -0.4 is 10.1 Å². The lowest BCUT2D eigenvalue weighted by atomic mass is 9.84. The van der Waals surface area contributed by atoms with Gasteiger partial charge < -0.3 is 20.3 Å². The molecule has 0 saturated heterocycles. The molecule has 1 atom stereocenters. The van der Waals surface area contributed by atoms with Gasteiger partial charge in [0.1, 0.15) is 24.5 Å². The van der Waals surface area contributed by atoms with Crippen molar-refractivity contribution in [1.82, 2.24) is 5.32 Å². The Morgan fingerprint density at radius 1 is 1.12 bits per heavy atom. The Balaban J connectivity index is 1.33. The molecule has 2 saturated carbocycles. The molecule has 0 heterocycles. The van der Waals surface area contributed by atoms with Crippen LogP contribution in [0.25, 0.3) is 11.1 Å². The number of carbonyl (C=O) groups is 1. The first-order valence-corrected chi connectivity index (χ1v) is 11.9. The molecule has 3 N–H and O–H groups in total. The fraction of sp³-hybridized carbons (Fsp3) is 0.481. The Morgan fingerprint density at radius 2 is 1.82 bits per heavy atom. The first kappa shape index (κ1) is 23.3. The topological polar surface area (TPSA) is 103 Å². The lowest BCUT2D eigenvalue weighted by molar-refractivity contribution is 0.0697. The van der Waals surface area contributed by atoms with Crippen molar-refractivity contribution in [3.8, 4) is 22.9 Å². The van der Waals surface area contributed by atoms with Crippen molar-refractivity contribution in [3.63, 3.8) is 0 Å². The van der Waals surface area contributed by atoms with Gasteiger partial charge in [-0.05, 0) is 60.6 Å². The predicted octanol–water partition coefficient (Wildman–Crippen LogP) is 4.76. The molecule has 2 aliphatic carbocycles. The average molecular weight is 449 g/mol. The van der Waals surface area contributed by atoms with Crippen molar-refractivity contribution in [2.45, 2.75) is 63.0 Å². The summed E-state index contributed by atoms with van der Waals surface area (Å²) in [6.07, 6.45) is 9.63. The molecule has 4 rings (SSSR count). The standard InChI is InChI=1S/C27H32N2O4/c28-16-23-11-10-22(20-6-8-21(9-7-20)26(31)32)14-25(23)33-18-24(30)17-29-27(12-13-27)15-19-4-2-1-3-5-19/h6-11,14,19,24,29-30H,1-5,12-13,15,17-18H2,(H,31,32)/t24-/m1/s1. The van der Waals surface area contributed by atoms with E-state index in [1.807, 2.05) is 0 Å². The highest BCUT2D eigenvalue weighted by atomic mass is 16.5. The highest BCUT2D eigenvalue weighted by Gasteiger charge is 2.43. The van der Waals surface area contributed by atoms with E-state index in [1.165, 1.54) is 51.4 Å². The van der Waals surface area contributed by atoms with Crippen molar-refractivity contribution in [1.29, 1.82) is 5.26 Å². The lowest BCUT2D eigenvalue weighted by Gasteiger charge is -2.28. The van der Waals surface area contributed by atoms with Crippen LogP contribution in [0.15, 0.2) is 42.5 Å². The molecular weight excluding hydrogens is 416 g/mol. The number of β-amino-alcohol motifs (C(OH)–C–C–N with tert-alkyl or cyclic N) is 1. The highest BCUT2D eigenvalue weighted by molar-refractivity contribution is 5.88. The Bertz CT molecular complexity index is 1000. The van der Waals surface area contributed by atoms with Gasteiger partial charge in [0.15, 0.2) is 0 Å². The molecule has 0 radical (unpaired) electrons. The first-order chi connectivity index (χ1) is 16.0. The predicted molar refractivity (Wildman–Crippen MR) is 126 cm³/mol. The molecule has 6 heteroatoms. The Hall–Kier alpha value is -2.88. The van der Waals surface area contributed by atoms with Crippen LogP contribution in [0.3, 0.4) is 0 Å². The number of carboxylic acids is 1. The molecule has 174 valence electrons. The van der Waals surface area contributed by atoms with Crippen LogP contribution in [0.2, 0.25) is 0 Å². The van der Waals surface area contributed by atoms with Crippen LogP contribution in [0.5, 0.6) is 5.75 Å². The van der Waals surface area contributed by atoms with Gasteiger partial charge in [-0.2, -0.15) is 5.26 Å². The third-order valence-corrected chi connectivity index (χ3v) is 6.97. The van der Waals surface area contributed by atoms with E-state index in [4.69, 9.17) is 9.84 Å². The summed E-state index contributed by atoms with van der Waals surface area (Å²) in [7, 11) is 0. The molecule has 0 aromatic heterocycles. The van der Waals surface area contributed by atoms with E-state index in [2.05, 4.69) is 11.4 Å². The normalized spacial score (nSPS) is 18.3. The van der Waals surface area contributed by atoms with Gasteiger partial charge in [0, 0.05) is 12.1 Å². The zero-order chi connectivity index (χ0) is 23.3. The minimum atomic E-state index is -0.972. The second-order valence-electron chi connectivity index (χ2n) is 9.54. The number of hydrogen-bond donors (Lipinski definition) is 3. The fourth-order valence-corrected chi connectivity index (χ4v) is 4.85. The summed E-state index contributed by atoms with van der Waals surface area (Å²) in [4.78, 5) is 11.1. The van der Waals surface area contributed by atoms with Gasteiger partial charge in [-0.25, -0.2) is 4.79 Å². The zero-order valence-electron chi connectivity index (χ0n) is 18.9. The second-order valence-corrected chi connectivity index (χ2v) is 9.54. The number of nitrogens with one attached hydrogen (secondary N) is 1. The van der Waals surface area contributed by atoms with Crippen LogP contribution in [0.1, 0.15) is 67.3 Å². The minimum Gasteiger partial charge on any atom is -0.489 e. The van der Waals surface area contributed by atoms with Crippen LogP contribution in [0, 0.1) is 17.2 Å². The fourth-order valence-electron chi connectivity index (χ4n) is 4.85. The summed E-state index contributed by atoms with van der Waals surface area (Å²) >= 11 is 0. The molecule has 2 aromatic carbocycles. The first-order valence-electron chi connectivity index (χ1n) is 11.9. The molecule has 2 aromatic rings. The van der Waals surface area contributed by atoms with E-state index in [9.17, 15) is 15.2 Å².